The molecule has 1 atom stereocenters. The monoisotopic (exact) mass is 347 g/mol. The molecule has 1 amide bonds. The average Bonchev–Trinajstić information content (AvgIpc) is 2.82. The lowest BCUT2D eigenvalue weighted by molar-refractivity contribution is -0.121. The van der Waals surface area contributed by atoms with E-state index in [1.54, 1.807) is 11.1 Å². The van der Waals surface area contributed by atoms with E-state index in [1.165, 1.54) is 0 Å². The molecule has 0 radical (unpaired) electrons. The van der Waals surface area contributed by atoms with Crippen molar-refractivity contribution < 1.29 is 4.79 Å². The zero-order chi connectivity index (χ0) is 18.5. The molecule has 4 rings (SSSR count). The summed E-state index contributed by atoms with van der Waals surface area (Å²) in [7, 11) is 0. The van der Waals surface area contributed by atoms with Crippen LogP contribution in [0.15, 0.2) is 47.8 Å². The van der Waals surface area contributed by atoms with Gasteiger partial charge in [-0.05, 0) is 52.0 Å². The average molecular weight is 347 g/mol. The zero-order valence-electron chi connectivity index (χ0n) is 15.3. The molecule has 26 heavy (non-hydrogen) atoms. The van der Waals surface area contributed by atoms with Crippen molar-refractivity contribution >= 4 is 17.4 Å². The lowest BCUT2D eigenvalue weighted by atomic mass is 9.87. The third-order valence-corrected chi connectivity index (χ3v) is 4.87. The molecule has 2 aliphatic rings. The Morgan fingerprint density at radius 2 is 2.04 bits per heavy atom. The highest BCUT2D eigenvalue weighted by Gasteiger charge is 2.46. The van der Waals surface area contributed by atoms with Gasteiger partial charge >= 0.3 is 0 Å². The number of anilines is 1. The number of amides is 1. The van der Waals surface area contributed by atoms with Crippen LogP contribution in [0.3, 0.4) is 0 Å². The fourth-order valence-corrected chi connectivity index (χ4v) is 3.31. The van der Waals surface area contributed by atoms with Crippen molar-refractivity contribution in [2.45, 2.75) is 39.2 Å². The first-order valence-corrected chi connectivity index (χ1v) is 8.67. The van der Waals surface area contributed by atoms with Gasteiger partial charge in [-0.1, -0.05) is 6.08 Å². The van der Waals surface area contributed by atoms with Gasteiger partial charge in [-0.2, -0.15) is 5.10 Å². The standard InChI is InChI=1S/C20H21N5O/c1-12-5-6-18(24-23-12)25-17-10-16(14-7-8-21-13(2)9-14)22-11-15(17)20(3,4)19(25)26/h5-12,23H,1-4H3. The van der Waals surface area contributed by atoms with Gasteiger partial charge in [0.1, 0.15) is 0 Å². The molecule has 4 heterocycles. The second-order valence-electron chi connectivity index (χ2n) is 7.29. The Hall–Kier alpha value is -3.02. The van der Waals surface area contributed by atoms with Gasteiger partial charge in [0.2, 0.25) is 5.91 Å². The van der Waals surface area contributed by atoms with E-state index in [0.29, 0.717) is 5.84 Å². The van der Waals surface area contributed by atoms with E-state index in [1.807, 2.05) is 64.2 Å². The molecule has 0 aliphatic carbocycles. The smallest absolute Gasteiger partial charge is 0.243 e. The highest BCUT2D eigenvalue weighted by atomic mass is 16.2. The second kappa shape index (κ2) is 5.76. The molecule has 0 saturated heterocycles. The third kappa shape index (κ3) is 2.49. The first kappa shape index (κ1) is 16.4. The number of hydrogen-bond donors (Lipinski definition) is 1. The number of amidine groups is 1. The van der Waals surface area contributed by atoms with Crippen LogP contribution in [-0.2, 0) is 10.2 Å². The molecule has 2 aromatic rings. The Balaban J connectivity index is 1.84. The highest BCUT2D eigenvalue weighted by molar-refractivity contribution is 6.27. The van der Waals surface area contributed by atoms with Gasteiger partial charge in [-0.3, -0.25) is 19.7 Å². The van der Waals surface area contributed by atoms with E-state index in [-0.39, 0.29) is 11.9 Å². The molecule has 6 heteroatoms. The summed E-state index contributed by atoms with van der Waals surface area (Å²) in [6.07, 6.45) is 7.46. The summed E-state index contributed by atoms with van der Waals surface area (Å²) in [5, 5.41) is 4.38. The van der Waals surface area contributed by atoms with E-state index in [4.69, 9.17) is 0 Å². The Kier molecular flexibility index (Phi) is 3.64. The quantitative estimate of drug-likeness (QED) is 0.861. The normalized spacial score (nSPS) is 20.6. The molecule has 6 nitrogen and oxygen atoms in total. The van der Waals surface area contributed by atoms with Crippen LogP contribution in [0.5, 0.6) is 0 Å². The van der Waals surface area contributed by atoms with Gasteiger partial charge in [0.15, 0.2) is 5.84 Å². The Morgan fingerprint density at radius 3 is 2.73 bits per heavy atom. The number of hydrazone groups is 1. The molecule has 132 valence electrons. The first-order chi connectivity index (χ1) is 12.4. The Bertz CT molecular complexity index is 960. The molecule has 0 saturated carbocycles. The summed E-state index contributed by atoms with van der Waals surface area (Å²) >= 11 is 0. The van der Waals surface area contributed by atoms with Crippen LogP contribution in [0.4, 0.5) is 5.69 Å². The van der Waals surface area contributed by atoms with Gasteiger partial charge in [0, 0.05) is 29.2 Å². The minimum Gasteiger partial charge on any atom is -0.301 e. The predicted molar refractivity (Wildman–Crippen MR) is 102 cm³/mol. The van der Waals surface area contributed by atoms with E-state index < -0.39 is 5.41 Å². The maximum absolute atomic E-state index is 13.1. The number of hydrogen-bond acceptors (Lipinski definition) is 5. The predicted octanol–water partition coefficient (Wildman–Crippen LogP) is 2.94. The van der Waals surface area contributed by atoms with Crippen molar-refractivity contribution in [3.63, 3.8) is 0 Å². The third-order valence-electron chi connectivity index (χ3n) is 4.87. The van der Waals surface area contributed by atoms with Crippen LogP contribution < -0.4 is 10.3 Å². The Labute approximate surface area is 152 Å². The van der Waals surface area contributed by atoms with Crippen molar-refractivity contribution in [2.75, 3.05) is 4.90 Å². The van der Waals surface area contributed by atoms with Crippen molar-refractivity contribution in [3.8, 4) is 11.3 Å². The van der Waals surface area contributed by atoms with Crippen LogP contribution in [-0.4, -0.2) is 27.8 Å². The number of nitrogens with one attached hydrogen (secondary N) is 1. The van der Waals surface area contributed by atoms with Gasteiger partial charge in [0.25, 0.3) is 0 Å². The SMILES string of the molecule is Cc1cc(-c2cc3c(cn2)C(C)(C)C(=O)N3C2=NNC(C)C=C2)ccn1. The number of carbonyl (C=O) groups is 1. The molecular formula is C20H21N5O. The van der Waals surface area contributed by atoms with E-state index in [9.17, 15) is 4.79 Å². The molecule has 2 aromatic heterocycles. The lowest BCUT2D eigenvalue weighted by Crippen LogP contribution is -2.42. The second-order valence-corrected chi connectivity index (χ2v) is 7.29. The van der Waals surface area contributed by atoms with E-state index in [2.05, 4.69) is 20.5 Å². The van der Waals surface area contributed by atoms with Crippen molar-refractivity contribution in [1.29, 1.82) is 0 Å². The fourth-order valence-electron chi connectivity index (χ4n) is 3.31. The molecule has 2 aliphatic heterocycles. The first-order valence-electron chi connectivity index (χ1n) is 8.67. The van der Waals surface area contributed by atoms with Gasteiger partial charge < -0.3 is 5.43 Å². The highest BCUT2D eigenvalue weighted by Crippen LogP contribution is 2.43. The molecular weight excluding hydrogens is 326 g/mol. The minimum atomic E-state index is -0.644. The fraction of sp³-hybridized carbons (Fsp3) is 0.300. The summed E-state index contributed by atoms with van der Waals surface area (Å²) in [5.74, 6) is 0.597. The Morgan fingerprint density at radius 1 is 1.23 bits per heavy atom. The van der Waals surface area contributed by atoms with Crippen LogP contribution in [0.2, 0.25) is 0 Å². The van der Waals surface area contributed by atoms with Crippen LogP contribution in [0, 0.1) is 6.92 Å². The lowest BCUT2D eigenvalue weighted by Gasteiger charge is -2.23. The summed E-state index contributed by atoms with van der Waals surface area (Å²) < 4.78 is 0. The minimum absolute atomic E-state index is 0.00267. The van der Waals surface area contributed by atoms with Crippen LogP contribution >= 0.6 is 0 Å². The van der Waals surface area contributed by atoms with Crippen molar-refractivity contribution in [3.05, 3.63) is 54.0 Å². The number of aryl methyl sites for hydroxylation is 1. The molecule has 0 aromatic carbocycles. The van der Waals surface area contributed by atoms with Gasteiger partial charge in [0.05, 0.1) is 22.8 Å². The molecule has 1 N–H and O–H groups in total. The summed E-state index contributed by atoms with van der Waals surface area (Å²) in [5.41, 5.74) is 6.84. The van der Waals surface area contributed by atoms with Crippen molar-refractivity contribution in [1.82, 2.24) is 15.4 Å². The zero-order valence-corrected chi connectivity index (χ0v) is 15.3. The summed E-state index contributed by atoms with van der Waals surface area (Å²) in [6, 6.07) is 6.03. The molecule has 0 fully saturated rings. The van der Waals surface area contributed by atoms with Crippen LogP contribution in [0.1, 0.15) is 32.0 Å². The van der Waals surface area contributed by atoms with E-state index in [0.717, 1.165) is 28.2 Å². The number of nitrogens with zero attached hydrogens (tertiary/aromatic N) is 4. The molecule has 0 bridgehead atoms. The number of fused-ring (bicyclic) bond motifs is 1. The number of aromatic nitrogens is 2. The largest absolute Gasteiger partial charge is 0.301 e. The molecule has 1 unspecified atom stereocenters. The number of carbonyl (C=O) groups excluding carboxylic acids is 1. The maximum Gasteiger partial charge on any atom is 0.243 e. The maximum atomic E-state index is 13.1. The number of pyridine rings is 2. The van der Waals surface area contributed by atoms with E-state index >= 15 is 0 Å². The topological polar surface area (TPSA) is 70.5 Å². The van der Waals surface area contributed by atoms with Crippen molar-refractivity contribution in [2.24, 2.45) is 5.10 Å². The molecule has 0 spiro atoms. The summed E-state index contributed by atoms with van der Waals surface area (Å²) in [6.45, 7) is 7.81. The van der Waals surface area contributed by atoms with Crippen LogP contribution in [0.25, 0.3) is 11.3 Å². The van der Waals surface area contributed by atoms with Gasteiger partial charge in [-0.15, -0.1) is 0 Å². The number of rotatable bonds is 1. The van der Waals surface area contributed by atoms with Gasteiger partial charge in [-0.25, -0.2) is 0 Å². The summed E-state index contributed by atoms with van der Waals surface area (Å²) in [4.78, 5) is 23.6.